The highest BCUT2D eigenvalue weighted by molar-refractivity contribution is 5.43. The van der Waals surface area contributed by atoms with Crippen LogP contribution in [0.1, 0.15) is 44.6 Å². The Morgan fingerprint density at radius 3 is 2.62 bits per heavy atom. The number of ether oxygens (including phenoxy) is 2. The normalized spacial score (nSPS) is 24.6. The van der Waals surface area contributed by atoms with E-state index in [2.05, 4.69) is 25.2 Å². The molecule has 0 amide bonds. The van der Waals surface area contributed by atoms with Gasteiger partial charge in [-0.3, -0.25) is 0 Å². The first-order valence-electron chi connectivity index (χ1n) is 7.87. The van der Waals surface area contributed by atoms with Crippen LogP contribution in [-0.2, 0) is 0 Å². The van der Waals surface area contributed by atoms with Crippen molar-refractivity contribution in [2.45, 2.75) is 39.0 Å². The van der Waals surface area contributed by atoms with Crippen LogP contribution in [0.3, 0.4) is 0 Å². The summed E-state index contributed by atoms with van der Waals surface area (Å²) < 4.78 is 11.0. The largest absolute Gasteiger partial charge is 0.497 e. The average molecular weight is 291 g/mol. The molecule has 3 nitrogen and oxygen atoms in total. The molecular formula is C18H29NO2. The maximum Gasteiger partial charge on any atom is 0.122 e. The van der Waals surface area contributed by atoms with Crippen LogP contribution in [0, 0.1) is 11.3 Å². The molecule has 1 aromatic carbocycles. The predicted octanol–water partition coefficient (Wildman–Crippen LogP) is 3.83. The summed E-state index contributed by atoms with van der Waals surface area (Å²) in [6.07, 6.45) is 3.75. The highest BCUT2D eigenvalue weighted by Gasteiger charge is 2.36. The molecule has 0 bridgehead atoms. The number of hydrogen-bond donors (Lipinski definition) is 1. The third-order valence-corrected chi connectivity index (χ3v) is 4.84. The molecule has 0 radical (unpaired) electrons. The Bertz CT molecular complexity index is 470. The molecule has 1 saturated carbocycles. The molecule has 0 spiro atoms. The van der Waals surface area contributed by atoms with E-state index in [-0.39, 0.29) is 0 Å². The lowest BCUT2D eigenvalue weighted by molar-refractivity contribution is 0.159. The Balaban J connectivity index is 2.38. The summed E-state index contributed by atoms with van der Waals surface area (Å²) in [4.78, 5) is 0. The van der Waals surface area contributed by atoms with Gasteiger partial charge in [-0.25, -0.2) is 0 Å². The van der Waals surface area contributed by atoms with Crippen LogP contribution in [0.25, 0.3) is 0 Å². The second kappa shape index (κ2) is 6.69. The van der Waals surface area contributed by atoms with Crippen molar-refractivity contribution >= 4 is 0 Å². The Hall–Kier alpha value is -1.22. The van der Waals surface area contributed by atoms with Gasteiger partial charge in [0.05, 0.1) is 14.2 Å². The van der Waals surface area contributed by atoms with Crippen LogP contribution < -0.4 is 14.8 Å². The molecule has 1 aromatic rings. The van der Waals surface area contributed by atoms with Gasteiger partial charge in [0.2, 0.25) is 0 Å². The van der Waals surface area contributed by atoms with Gasteiger partial charge in [-0.15, -0.1) is 0 Å². The minimum absolute atomic E-state index is 0.392. The van der Waals surface area contributed by atoms with Crippen molar-refractivity contribution in [2.24, 2.45) is 11.3 Å². The Morgan fingerprint density at radius 1 is 1.24 bits per heavy atom. The summed E-state index contributed by atoms with van der Waals surface area (Å²) in [5, 5.41) is 3.36. The molecule has 2 rings (SSSR count). The van der Waals surface area contributed by atoms with Crippen molar-refractivity contribution in [3.8, 4) is 11.5 Å². The summed E-state index contributed by atoms with van der Waals surface area (Å²) in [7, 11) is 5.52. The summed E-state index contributed by atoms with van der Waals surface area (Å²) >= 11 is 0. The second-order valence-electron chi connectivity index (χ2n) is 6.94. The molecule has 3 heteroatoms. The van der Waals surface area contributed by atoms with Crippen LogP contribution in [-0.4, -0.2) is 27.8 Å². The molecule has 0 aliphatic heterocycles. The van der Waals surface area contributed by atoms with E-state index in [9.17, 15) is 0 Å². The Morgan fingerprint density at radius 2 is 2.00 bits per heavy atom. The molecule has 1 aliphatic carbocycles. The molecule has 1 fully saturated rings. The lowest BCUT2D eigenvalue weighted by atomic mass is 9.65. The van der Waals surface area contributed by atoms with Gasteiger partial charge >= 0.3 is 0 Å². The lowest BCUT2D eigenvalue weighted by Crippen LogP contribution is -2.34. The minimum Gasteiger partial charge on any atom is -0.497 e. The summed E-state index contributed by atoms with van der Waals surface area (Å²) in [5.74, 6) is 3.08. The maximum absolute atomic E-state index is 5.62. The van der Waals surface area contributed by atoms with Gasteiger partial charge in [-0.05, 0) is 68.3 Å². The monoisotopic (exact) mass is 291 g/mol. The van der Waals surface area contributed by atoms with E-state index in [0.717, 1.165) is 18.0 Å². The predicted molar refractivity (Wildman–Crippen MR) is 87.3 cm³/mol. The summed E-state index contributed by atoms with van der Waals surface area (Å²) in [6.45, 7) is 5.81. The number of hydrogen-bond acceptors (Lipinski definition) is 3. The number of benzene rings is 1. The highest BCUT2D eigenvalue weighted by atomic mass is 16.5. The zero-order valence-electron chi connectivity index (χ0n) is 14.0. The fraction of sp³-hybridized carbons (Fsp3) is 0.667. The van der Waals surface area contributed by atoms with Crippen LogP contribution >= 0.6 is 0 Å². The van der Waals surface area contributed by atoms with Gasteiger partial charge in [0.15, 0.2) is 0 Å². The quantitative estimate of drug-likeness (QED) is 0.894. The van der Waals surface area contributed by atoms with Crippen LogP contribution in [0.15, 0.2) is 18.2 Å². The van der Waals surface area contributed by atoms with E-state index in [0.29, 0.717) is 17.3 Å². The fourth-order valence-corrected chi connectivity index (χ4v) is 3.64. The zero-order chi connectivity index (χ0) is 15.5. The topological polar surface area (TPSA) is 30.5 Å². The third kappa shape index (κ3) is 3.70. The first-order chi connectivity index (χ1) is 10.0. The SMILES string of the molecule is CNCC1CCC(C)(C)CC1c1cc(OC)ccc1OC. The van der Waals surface area contributed by atoms with Crippen molar-refractivity contribution in [1.82, 2.24) is 5.32 Å². The maximum atomic E-state index is 5.62. The van der Waals surface area contributed by atoms with E-state index in [1.54, 1.807) is 14.2 Å². The number of rotatable bonds is 5. The summed E-state index contributed by atoms with van der Waals surface area (Å²) in [5.41, 5.74) is 1.69. The Kier molecular flexibility index (Phi) is 5.15. The smallest absolute Gasteiger partial charge is 0.122 e. The highest BCUT2D eigenvalue weighted by Crippen LogP contribution is 2.49. The van der Waals surface area contributed by atoms with Crippen LogP contribution in [0.2, 0.25) is 0 Å². The molecular weight excluding hydrogens is 262 g/mol. The third-order valence-electron chi connectivity index (χ3n) is 4.84. The van der Waals surface area contributed by atoms with Crippen molar-refractivity contribution in [1.29, 1.82) is 0 Å². The van der Waals surface area contributed by atoms with E-state index < -0.39 is 0 Å². The van der Waals surface area contributed by atoms with Gasteiger partial charge in [0, 0.05) is 5.56 Å². The minimum atomic E-state index is 0.392. The standard InChI is InChI=1S/C18H29NO2/c1-18(2)9-8-13(12-19-3)16(11-18)15-10-14(20-4)6-7-17(15)21-5/h6-7,10,13,16,19H,8-9,11-12H2,1-5H3. The van der Waals surface area contributed by atoms with Gasteiger partial charge in [-0.1, -0.05) is 13.8 Å². The molecule has 2 unspecified atom stereocenters. The molecule has 118 valence electrons. The lowest BCUT2D eigenvalue weighted by Gasteiger charge is -2.41. The zero-order valence-corrected chi connectivity index (χ0v) is 14.0. The fourth-order valence-electron chi connectivity index (χ4n) is 3.64. The van der Waals surface area contributed by atoms with E-state index in [4.69, 9.17) is 9.47 Å². The van der Waals surface area contributed by atoms with Crippen molar-refractivity contribution in [3.63, 3.8) is 0 Å². The van der Waals surface area contributed by atoms with Gasteiger partial charge in [-0.2, -0.15) is 0 Å². The summed E-state index contributed by atoms with van der Waals surface area (Å²) in [6, 6.07) is 6.17. The molecule has 1 N–H and O–H groups in total. The van der Waals surface area contributed by atoms with Gasteiger partial charge in [0.25, 0.3) is 0 Å². The van der Waals surface area contributed by atoms with Crippen LogP contribution in [0.5, 0.6) is 11.5 Å². The van der Waals surface area contributed by atoms with Crippen molar-refractivity contribution in [3.05, 3.63) is 23.8 Å². The first kappa shape index (κ1) is 16.2. The second-order valence-corrected chi connectivity index (χ2v) is 6.94. The number of nitrogens with one attached hydrogen (secondary N) is 1. The van der Waals surface area contributed by atoms with Crippen molar-refractivity contribution in [2.75, 3.05) is 27.8 Å². The van der Waals surface area contributed by atoms with E-state index in [1.165, 1.54) is 24.8 Å². The Labute approximate surface area is 129 Å². The first-order valence-corrected chi connectivity index (χ1v) is 7.87. The number of methoxy groups -OCH3 is 2. The van der Waals surface area contributed by atoms with Crippen molar-refractivity contribution < 1.29 is 9.47 Å². The van der Waals surface area contributed by atoms with Gasteiger partial charge < -0.3 is 14.8 Å². The molecule has 21 heavy (non-hydrogen) atoms. The molecule has 0 aromatic heterocycles. The molecule has 0 saturated heterocycles. The van der Waals surface area contributed by atoms with Crippen LogP contribution in [0.4, 0.5) is 0 Å². The average Bonchev–Trinajstić information content (AvgIpc) is 2.48. The molecule has 2 atom stereocenters. The molecule has 0 heterocycles. The van der Waals surface area contributed by atoms with E-state index >= 15 is 0 Å². The van der Waals surface area contributed by atoms with Gasteiger partial charge in [0.1, 0.15) is 11.5 Å². The van der Waals surface area contributed by atoms with E-state index in [1.807, 2.05) is 19.2 Å². The molecule has 1 aliphatic rings.